The molecule has 0 saturated carbocycles. The highest BCUT2D eigenvalue weighted by Gasteiger charge is 2.18. The van der Waals surface area contributed by atoms with Crippen molar-refractivity contribution in [2.24, 2.45) is 0 Å². The minimum atomic E-state index is -0.440. The Morgan fingerprint density at radius 1 is 1.14 bits per heavy atom. The predicted molar refractivity (Wildman–Crippen MR) is 114 cm³/mol. The maximum absolute atomic E-state index is 12.5. The quantitative estimate of drug-likeness (QED) is 0.591. The van der Waals surface area contributed by atoms with Crippen molar-refractivity contribution in [3.63, 3.8) is 0 Å². The van der Waals surface area contributed by atoms with Crippen LogP contribution < -0.4 is 10.2 Å². The smallest absolute Gasteiger partial charge is 0.267 e. The van der Waals surface area contributed by atoms with E-state index in [4.69, 9.17) is 23.2 Å². The van der Waals surface area contributed by atoms with Crippen molar-refractivity contribution in [2.45, 2.75) is 6.92 Å². The molecule has 2 aromatic rings. The number of rotatable bonds is 4. The lowest BCUT2D eigenvalue weighted by Crippen LogP contribution is -2.44. The molecule has 0 bridgehead atoms. The lowest BCUT2D eigenvalue weighted by Gasteiger charge is -2.35. The number of carbonyl (C=O) groups excluding carboxylic acids is 1. The summed E-state index contributed by atoms with van der Waals surface area (Å²) in [7, 11) is 0. The van der Waals surface area contributed by atoms with Crippen LogP contribution in [-0.4, -0.2) is 37.0 Å². The van der Waals surface area contributed by atoms with Gasteiger partial charge in [-0.2, -0.15) is 5.26 Å². The molecule has 0 radical (unpaired) electrons. The van der Waals surface area contributed by atoms with Gasteiger partial charge in [0.15, 0.2) is 0 Å². The van der Waals surface area contributed by atoms with Gasteiger partial charge in [-0.05, 0) is 42.8 Å². The summed E-state index contributed by atoms with van der Waals surface area (Å²) in [6.07, 6.45) is 1.63. The van der Waals surface area contributed by atoms with Gasteiger partial charge in [-0.25, -0.2) is 0 Å². The zero-order valence-electron chi connectivity index (χ0n) is 15.5. The Bertz CT molecular complexity index is 944. The van der Waals surface area contributed by atoms with E-state index >= 15 is 0 Å². The van der Waals surface area contributed by atoms with Gasteiger partial charge in [-0.3, -0.25) is 4.79 Å². The Morgan fingerprint density at radius 3 is 2.54 bits per heavy atom. The minimum absolute atomic E-state index is 0.0654. The standard InChI is InChI=1S/C21H20Cl2N4O/c1-15-19(23)6-3-7-20(15)25-21(28)16(13-24)14-26-8-10-27(11-9-26)18-5-2-4-17(22)12-18/h2-7,12,14H,8-11H2,1H3,(H,25,28)/b16-14-. The third kappa shape index (κ3) is 4.78. The fraction of sp³-hybridized carbons (Fsp3) is 0.238. The molecule has 7 heteroatoms. The summed E-state index contributed by atoms with van der Waals surface area (Å²) in [5.41, 5.74) is 2.51. The van der Waals surface area contributed by atoms with Gasteiger partial charge in [0.25, 0.3) is 5.91 Å². The summed E-state index contributed by atoms with van der Waals surface area (Å²) in [5, 5.41) is 13.5. The van der Waals surface area contributed by atoms with Crippen LogP contribution in [-0.2, 0) is 4.79 Å². The summed E-state index contributed by atoms with van der Waals surface area (Å²) in [6.45, 7) is 4.81. The number of hydrogen-bond acceptors (Lipinski definition) is 4. The average Bonchev–Trinajstić information content (AvgIpc) is 2.70. The highest BCUT2D eigenvalue weighted by atomic mass is 35.5. The van der Waals surface area contributed by atoms with Crippen molar-refractivity contribution in [3.05, 3.63) is 69.8 Å². The van der Waals surface area contributed by atoms with Crippen molar-refractivity contribution in [3.8, 4) is 6.07 Å². The highest BCUT2D eigenvalue weighted by molar-refractivity contribution is 6.32. The molecule has 2 aromatic carbocycles. The molecule has 1 fully saturated rings. The minimum Gasteiger partial charge on any atom is -0.373 e. The van der Waals surface area contributed by atoms with Crippen molar-refractivity contribution in [1.29, 1.82) is 5.26 Å². The van der Waals surface area contributed by atoms with Crippen LogP contribution in [0.15, 0.2) is 54.2 Å². The van der Waals surface area contributed by atoms with Crippen LogP contribution in [0.4, 0.5) is 11.4 Å². The van der Waals surface area contributed by atoms with Crippen LogP contribution in [0.5, 0.6) is 0 Å². The number of benzene rings is 2. The lowest BCUT2D eigenvalue weighted by molar-refractivity contribution is -0.112. The monoisotopic (exact) mass is 414 g/mol. The van der Waals surface area contributed by atoms with Crippen molar-refractivity contribution in [1.82, 2.24) is 4.90 Å². The summed E-state index contributed by atoms with van der Waals surface area (Å²) >= 11 is 12.2. The maximum Gasteiger partial charge on any atom is 0.267 e. The number of nitriles is 1. The number of nitrogens with one attached hydrogen (secondary N) is 1. The molecule has 1 aliphatic rings. The summed E-state index contributed by atoms with van der Waals surface area (Å²) in [6, 6.07) is 15.0. The molecule has 5 nitrogen and oxygen atoms in total. The first-order chi connectivity index (χ1) is 13.5. The number of nitrogens with zero attached hydrogens (tertiary/aromatic N) is 3. The second-order valence-corrected chi connectivity index (χ2v) is 7.37. The van der Waals surface area contributed by atoms with Crippen LogP contribution in [0.3, 0.4) is 0 Å². The van der Waals surface area contributed by atoms with Crippen molar-refractivity contribution in [2.75, 3.05) is 36.4 Å². The van der Waals surface area contributed by atoms with E-state index in [1.165, 1.54) is 0 Å². The topological polar surface area (TPSA) is 59.4 Å². The predicted octanol–water partition coefficient (Wildman–Crippen LogP) is 4.47. The second-order valence-electron chi connectivity index (χ2n) is 6.52. The zero-order chi connectivity index (χ0) is 20.1. The van der Waals surface area contributed by atoms with E-state index in [-0.39, 0.29) is 5.57 Å². The molecule has 3 rings (SSSR count). The van der Waals surface area contributed by atoms with Crippen LogP contribution in [0, 0.1) is 18.3 Å². The average molecular weight is 415 g/mol. The zero-order valence-corrected chi connectivity index (χ0v) is 17.0. The number of halogens is 2. The Balaban J connectivity index is 1.64. The van der Waals surface area contributed by atoms with E-state index in [9.17, 15) is 10.1 Å². The van der Waals surface area contributed by atoms with Gasteiger partial charge in [-0.15, -0.1) is 0 Å². The third-order valence-electron chi connectivity index (χ3n) is 4.68. The lowest BCUT2D eigenvalue weighted by atomic mass is 10.2. The molecular formula is C21H20Cl2N4O. The second kappa shape index (κ2) is 9.01. The molecule has 28 heavy (non-hydrogen) atoms. The van der Waals surface area contributed by atoms with E-state index < -0.39 is 5.91 Å². The SMILES string of the molecule is Cc1c(Cl)cccc1NC(=O)/C(C#N)=C\N1CCN(c2cccc(Cl)c2)CC1. The summed E-state index contributed by atoms with van der Waals surface area (Å²) in [4.78, 5) is 16.7. The Hall–Kier alpha value is -2.68. The highest BCUT2D eigenvalue weighted by Crippen LogP contribution is 2.24. The Labute approximate surface area is 174 Å². The molecule has 144 valence electrons. The normalized spacial score (nSPS) is 14.6. The van der Waals surface area contributed by atoms with Gasteiger partial charge in [0.2, 0.25) is 0 Å². The molecule has 1 heterocycles. The number of piperazine rings is 1. The van der Waals surface area contributed by atoms with Crippen molar-refractivity contribution < 1.29 is 4.79 Å². The van der Waals surface area contributed by atoms with Gasteiger partial charge >= 0.3 is 0 Å². The molecule has 0 aromatic heterocycles. The molecule has 0 unspecified atom stereocenters. The van der Waals surface area contributed by atoms with Gasteiger partial charge in [0, 0.05) is 53.8 Å². The van der Waals surface area contributed by atoms with E-state index in [1.54, 1.807) is 24.4 Å². The fourth-order valence-corrected chi connectivity index (χ4v) is 3.39. The van der Waals surface area contributed by atoms with Gasteiger partial charge in [-0.1, -0.05) is 35.3 Å². The van der Waals surface area contributed by atoms with E-state index in [0.717, 1.165) is 24.3 Å². The molecule has 0 atom stereocenters. The number of hydrogen-bond donors (Lipinski definition) is 1. The van der Waals surface area contributed by atoms with E-state index in [1.807, 2.05) is 42.2 Å². The fourth-order valence-electron chi connectivity index (χ4n) is 3.04. The molecule has 0 spiro atoms. The first-order valence-electron chi connectivity index (χ1n) is 8.91. The largest absolute Gasteiger partial charge is 0.373 e. The molecule has 1 amide bonds. The molecular weight excluding hydrogens is 395 g/mol. The van der Waals surface area contributed by atoms with Crippen LogP contribution >= 0.6 is 23.2 Å². The van der Waals surface area contributed by atoms with Crippen LogP contribution in [0.2, 0.25) is 10.0 Å². The molecule has 1 N–H and O–H groups in total. The van der Waals surface area contributed by atoms with E-state index in [0.29, 0.717) is 28.8 Å². The van der Waals surface area contributed by atoms with E-state index in [2.05, 4.69) is 10.2 Å². The van der Waals surface area contributed by atoms with Crippen molar-refractivity contribution >= 4 is 40.5 Å². The Kier molecular flexibility index (Phi) is 6.45. The Morgan fingerprint density at radius 2 is 1.86 bits per heavy atom. The molecule has 0 aliphatic carbocycles. The number of amides is 1. The first kappa shape index (κ1) is 20.1. The van der Waals surface area contributed by atoms with Crippen LogP contribution in [0.1, 0.15) is 5.56 Å². The summed E-state index contributed by atoms with van der Waals surface area (Å²) < 4.78 is 0. The van der Waals surface area contributed by atoms with Crippen LogP contribution in [0.25, 0.3) is 0 Å². The van der Waals surface area contributed by atoms with Gasteiger partial charge in [0.1, 0.15) is 11.6 Å². The van der Waals surface area contributed by atoms with Gasteiger partial charge in [0.05, 0.1) is 0 Å². The molecule has 1 aliphatic heterocycles. The van der Waals surface area contributed by atoms with Gasteiger partial charge < -0.3 is 15.1 Å². The number of anilines is 2. The molecule has 1 saturated heterocycles. The first-order valence-corrected chi connectivity index (χ1v) is 9.66. The summed E-state index contributed by atoms with van der Waals surface area (Å²) in [5.74, 6) is -0.440. The maximum atomic E-state index is 12.5. The third-order valence-corrected chi connectivity index (χ3v) is 5.32. The number of carbonyl (C=O) groups is 1.